The molecule has 0 unspecified atom stereocenters. The van der Waals surface area contributed by atoms with Crippen LogP contribution in [0.1, 0.15) is 11.4 Å². The van der Waals surface area contributed by atoms with Crippen molar-refractivity contribution in [3.8, 4) is 22.3 Å². The summed E-state index contributed by atoms with van der Waals surface area (Å²) in [5, 5.41) is 0. The second-order valence-electron chi connectivity index (χ2n) is 7.57. The maximum absolute atomic E-state index is 4.62. The highest BCUT2D eigenvalue weighted by molar-refractivity contribution is 5.79. The summed E-state index contributed by atoms with van der Waals surface area (Å²) in [7, 11) is 4.16. The van der Waals surface area contributed by atoms with Crippen LogP contribution in [0.3, 0.4) is 0 Å². The summed E-state index contributed by atoms with van der Waals surface area (Å²) >= 11 is 0. The van der Waals surface area contributed by atoms with Crippen LogP contribution in [0.15, 0.2) is 73.6 Å². The normalized spacial score (nSPS) is 13.3. The van der Waals surface area contributed by atoms with Crippen molar-refractivity contribution in [2.75, 3.05) is 23.9 Å². The van der Waals surface area contributed by atoms with Gasteiger partial charge in [-0.1, -0.05) is 0 Å². The molecule has 6 nitrogen and oxygen atoms in total. The first kappa shape index (κ1) is 18.2. The van der Waals surface area contributed by atoms with Crippen LogP contribution in [0.25, 0.3) is 22.3 Å². The van der Waals surface area contributed by atoms with Gasteiger partial charge >= 0.3 is 0 Å². The lowest BCUT2D eigenvalue weighted by atomic mass is 10.0. The van der Waals surface area contributed by atoms with Gasteiger partial charge < -0.3 is 9.80 Å². The molecule has 0 aliphatic carbocycles. The van der Waals surface area contributed by atoms with Crippen LogP contribution in [0.2, 0.25) is 0 Å². The van der Waals surface area contributed by atoms with E-state index in [9.17, 15) is 0 Å². The Balaban J connectivity index is 1.71. The third-order valence-corrected chi connectivity index (χ3v) is 5.48. The van der Waals surface area contributed by atoms with Gasteiger partial charge in [-0.05, 0) is 47.5 Å². The Kier molecular flexibility index (Phi) is 4.59. The predicted molar refractivity (Wildman–Crippen MR) is 119 cm³/mol. The van der Waals surface area contributed by atoms with Crippen LogP contribution in [0.5, 0.6) is 0 Å². The van der Waals surface area contributed by atoms with Crippen molar-refractivity contribution in [1.29, 1.82) is 0 Å². The number of fused-ring (bicyclic) bond motifs is 8. The van der Waals surface area contributed by atoms with Crippen LogP contribution >= 0.6 is 0 Å². The molecular formula is C24H22N6. The van der Waals surface area contributed by atoms with E-state index in [4.69, 9.17) is 0 Å². The Labute approximate surface area is 175 Å². The van der Waals surface area contributed by atoms with Gasteiger partial charge in [0.05, 0.1) is 48.2 Å². The van der Waals surface area contributed by atoms with Crippen LogP contribution < -0.4 is 9.80 Å². The third kappa shape index (κ3) is 3.37. The molecule has 30 heavy (non-hydrogen) atoms. The number of hydrogen-bond acceptors (Lipinski definition) is 6. The molecular weight excluding hydrogens is 372 g/mol. The van der Waals surface area contributed by atoms with Crippen molar-refractivity contribution in [1.82, 2.24) is 19.9 Å². The highest BCUT2D eigenvalue weighted by Gasteiger charge is 2.16. The molecule has 0 atom stereocenters. The standard InChI is InChI=1S/C24H22N6/c1-29-15-19-11-18(4-9-27-19)22-6-8-26-14-24(22)30(2)16-20-12-17(3-10-28-20)21-5-7-25-13-23(21)29/h3-14H,15-16H2,1-2H3. The summed E-state index contributed by atoms with van der Waals surface area (Å²) in [5.41, 5.74) is 8.66. The zero-order chi connectivity index (χ0) is 20.5. The largest absolute Gasteiger partial charge is 0.367 e. The third-order valence-electron chi connectivity index (χ3n) is 5.48. The number of pyridine rings is 4. The average Bonchev–Trinajstić information content (AvgIpc) is 2.79. The van der Waals surface area contributed by atoms with Gasteiger partial charge in [-0.2, -0.15) is 0 Å². The van der Waals surface area contributed by atoms with Gasteiger partial charge in [-0.3, -0.25) is 19.9 Å². The first-order valence-corrected chi connectivity index (χ1v) is 9.90. The maximum Gasteiger partial charge on any atom is 0.0633 e. The lowest BCUT2D eigenvalue weighted by Crippen LogP contribution is -2.20. The predicted octanol–water partition coefficient (Wildman–Crippen LogP) is 4.19. The molecule has 5 rings (SSSR count). The van der Waals surface area contributed by atoms with Crippen molar-refractivity contribution in [3.63, 3.8) is 0 Å². The molecule has 1 aliphatic heterocycles. The minimum Gasteiger partial charge on any atom is -0.367 e. The number of aromatic nitrogens is 4. The highest BCUT2D eigenvalue weighted by Crippen LogP contribution is 2.33. The summed E-state index contributed by atoms with van der Waals surface area (Å²) in [6.07, 6.45) is 11.3. The summed E-state index contributed by atoms with van der Waals surface area (Å²) in [5.74, 6) is 0. The second-order valence-corrected chi connectivity index (χ2v) is 7.57. The Morgan fingerprint density at radius 3 is 1.57 bits per heavy atom. The smallest absolute Gasteiger partial charge is 0.0633 e. The zero-order valence-corrected chi connectivity index (χ0v) is 17.0. The van der Waals surface area contributed by atoms with Gasteiger partial charge in [0.1, 0.15) is 0 Å². The summed E-state index contributed by atoms with van der Waals surface area (Å²) in [6, 6.07) is 12.5. The molecule has 4 bridgehead atoms. The first-order valence-electron chi connectivity index (χ1n) is 9.90. The van der Waals surface area contributed by atoms with E-state index < -0.39 is 0 Å². The summed E-state index contributed by atoms with van der Waals surface area (Å²) in [4.78, 5) is 22.4. The molecule has 0 radical (unpaired) electrons. The van der Waals surface area contributed by atoms with Gasteiger partial charge in [0.25, 0.3) is 0 Å². The fourth-order valence-electron chi connectivity index (χ4n) is 3.99. The van der Waals surface area contributed by atoms with Gasteiger partial charge in [0.2, 0.25) is 0 Å². The Morgan fingerprint density at radius 2 is 1.10 bits per heavy atom. The fraction of sp³-hybridized carbons (Fsp3) is 0.167. The molecule has 5 heterocycles. The Morgan fingerprint density at radius 1 is 0.633 bits per heavy atom. The van der Waals surface area contributed by atoms with Crippen molar-refractivity contribution >= 4 is 11.4 Å². The monoisotopic (exact) mass is 394 g/mol. The molecule has 0 aromatic carbocycles. The molecule has 1 aliphatic rings. The van der Waals surface area contributed by atoms with Crippen LogP contribution in [-0.2, 0) is 13.1 Å². The van der Waals surface area contributed by atoms with E-state index in [1.165, 1.54) is 0 Å². The van der Waals surface area contributed by atoms with Gasteiger partial charge in [-0.15, -0.1) is 0 Å². The molecule has 0 saturated carbocycles. The fourth-order valence-corrected chi connectivity index (χ4v) is 3.99. The van der Waals surface area contributed by atoms with E-state index >= 15 is 0 Å². The van der Waals surface area contributed by atoms with Crippen molar-refractivity contribution < 1.29 is 0 Å². The van der Waals surface area contributed by atoms with Crippen molar-refractivity contribution in [2.45, 2.75) is 13.1 Å². The van der Waals surface area contributed by atoms with Gasteiger partial charge in [0, 0.05) is 50.0 Å². The SMILES string of the molecule is CN1Cc2cc(ccn2)-c2ccncc2N(C)Cc2cc(ccn2)-c2ccncc21. The topological polar surface area (TPSA) is 58.0 Å². The van der Waals surface area contributed by atoms with Crippen molar-refractivity contribution in [2.24, 2.45) is 0 Å². The number of nitrogens with zero attached hydrogens (tertiary/aromatic N) is 6. The molecule has 148 valence electrons. The van der Waals surface area contributed by atoms with E-state index in [0.717, 1.165) is 45.0 Å². The Hall–Kier alpha value is -3.80. The molecule has 0 N–H and O–H groups in total. The molecule has 0 amide bonds. The molecule has 4 aromatic heterocycles. The second kappa shape index (κ2) is 7.55. The number of hydrogen-bond donors (Lipinski definition) is 0. The number of anilines is 2. The van der Waals surface area contributed by atoms with Crippen molar-refractivity contribution in [3.05, 3.63) is 85.0 Å². The average molecular weight is 394 g/mol. The molecule has 4 aromatic rings. The quantitative estimate of drug-likeness (QED) is 0.446. The number of rotatable bonds is 0. The lowest BCUT2D eigenvalue weighted by molar-refractivity contribution is 0.875. The minimum absolute atomic E-state index is 0.681. The summed E-state index contributed by atoms with van der Waals surface area (Å²) in [6.45, 7) is 1.36. The van der Waals surface area contributed by atoms with E-state index in [1.807, 2.05) is 37.2 Å². The van der Waals surface area contributed by atoms with Crippen LogP contribution in [0, 0.1) is 0 Å². The van der Waals surface area contributed by atoms with Crippen LogP contribution in [0.4, 0.5) is 11.4 Å². The first-order chi connectivity index (χ1) is 14.7. The van der Waals surface area contributed by atoms with Gasteiger partial charge in [-0.25, -0.2) is 0 Å². The summed E-state index contributed by atoms with van der Waals surface area (Å²) < 4.78 is 0. The molecule has 6 heteroatoms. The van der Waals surface area contributed by atoms with E-state index in [0.29, 0.717) is 13.1 Å². The zero-order valence-electron chi connectivity index (χ0n) is 17.0. The lowest BCUT2D eigenvalue weighted by Gasteiger charge is -2.25. The van der Waals surface area contributed by atoms with E-state index in [-0.39, 0.29) is 0 Å². The highest BCUT2D eigenvalue weighted by atomic mass is 15.1. The maximum atomic E-state index is 4.62. The molecule has 0 saturated heterocycles. The minimum atomic E-state index is 0.681. The van der Waals surface area contributed by atoms with Crippen LogP contribution in [-0.4, -0.2) is 34.0 Å². The molecule has 0 spiro atoms. The van der Waals surface area contributed by atoms with E-state index in [1.54, 1.807) is 0 Å². The molecule has 0 fully saturated rings. The van der Waals surface area contributed by atoms with Gasteiger partial charge in [0.15, 0.2) is 0 Å². The van der Waals surface area contributed by atoms with E-state index in [2.05, 4.69) is 80.2 Å². The Bertz CT molecular complexity index is 1110.